The molecule has 1 aliphatic rings. The molecule has 1 unspecified atom stereocenters. The molecule has 1 atom stereocenters. The van der Waals surface area contributed by atoms with Gasteiger partial charge in [-0.2, -0.15) is 0 Å². The van der Waals surface area contributed by atoms with Crippen molar-refractivity contribution in [3.8, 4) is 0 Å². The maximum Gasteiger partial charge on any atom is 0.328 e. The maximum atomic E-state index is 12.4. The molecule has 2 rings (SSSR count). The van der Waals surface area contributed by atoms with Crippen molar-refractivity contribution in [1.82, 2.24) is 5.32 Å². The molecule has 1 aromatic carbocycles. The highest BCUT2D eigenvalue weighted by molar-refractivity contribution is 6.31. The van der Waals surface area contributed by atoms with Gasteiger partial charge in [-0.1, -0.05) is 11.6 Å². The van der Waals surface area contributed by atoms with E-state index in [-0.39, 0.29) is 23.2 Å². The number of amides is 2. The number of carboxylic acid groups (broad SMARTS) is 1. The summed E-state index contributed by atoms with van der Waals surface area (Å²) in [5, 5.41) is 14.3. The summed E-state index contributed by atoms with van der Waals surface area (Å²) in [7, 11) is 0. The van der Waals surface area contributed by atoms with Crippen molar-refractivity contribution in [2.24, 2.45) is 5.92 Å². The van der Waals surface area contributed by atoms with Gasteiger partial charge >= 0.3 is 5.97 Å². The molecule has 0 aliphatic heterocycles. The van der Waals surface area contributed by atoms with Crippen molar-refractivity contribution in [2.75, 3.05) is 5.32 Å². The lowest BCUT2D eigenvalue weighted by molar-refractivity contribution is -0.131. The van der Waals surface area contributed by atoms with Gasteiger partial charge in [-0.05, 0) is 43.9 Å². The fraction of sp³-hybridized carbons (Fsp3) is 0.312. The molecule has 1 aromatic rings. The third-order valence-corrected chi connectivity index (χ3v) is 3.78. The van der Waals surface area contributed by atoms with Gasteiger partial charge in [0.2, 0.25) is 5.91 Å². The Morgan fingerprint density at radius 3 is 2.61 bits per heavy atom. The third-order valence-electron chi connectivity index (χ3n) is 3.55. The number of carboxylic acids is 1. The molecule has 0 aromatic heterocycles. The molecule has 0 spiro atoms. The van der Waals surface area contributed by atoms with Crippen molar-refractivity contribution in [3.05, 3.63) is 40.9 Å². The van der Waals surface area contributed by atoms with Gasteiger partial charge in [-0.3, -0.25) is 9.59 Å². The molecular formula is C16H17ClN2O4. The van der Waals surface area contributed by atoms with E-state index in [2.05, 4.69) is 10.6 Å². The largest absolute Gasteiger partial charge is 0.478 e. The van der Waals surface area contributed by atoms with Crippen LogP contribution in [0.25, 0.3) is 0 Å². The smallest absolute Gasteiger partial charge is 0.328 e. The van der Waals surface area contributed by atoms with Gasteiger partial charge in [0.15, 0.2) is 0 Å². The first kappa shape index (κ1) is 17.0. The van der Waals surface area contributed by atoms with Gasteiger partial charge in [-0.15, -0.1) is 0 Å². The topological polar surface area (TPSA) is 95.5 Å². The lowest BCUT2D eigenvalue weighted by Gasteiger charge is -2.15. The van der Waals surface area contributed by atoms with Gasteiger partial charge in [0.1, 0.15) is 0 Å². The second-order valence-corrected chi connectivity index (χ2v) is 5.89. The van der Waals surface area contributed by atoms with Crippen molar-refractivity contribution in [3.63, 3.8) is 0 Å². The summed E-state index contributed by atoms with van der Waals surface area (Å²) in [5.41, 5.74) is 0.511. The van der Waals surface area contributed by atoms with Crippen LogP contribution < -0.4 is 10.6 Å². The first-order chi connectivity index (χ1) is 10.9. The van der Waals surface area contributed by atoms with Crippen LogP contribution in [0.15, 0.2) is 30.4 Å². The minimum atomic E-state index is -1.23. The molecule has 3 N–H and O–H groups in total. The fourth-order valence-electron chi connectivity index (χ4n) is 2.13. The molecule has 1 fully saturated rings. The van der Waals surface area contributed by atoms with Gasteiger partial charge in [0, 0.05) is 23.2 Å². The van der Waals surface area contributed by atoms with Crippen LogP contribution in [-0.2, 0) is 9.59 Å². The van der Waals surface area contributed by atoms with E-state index in [1.807, 2.05) is 6.92 Å². The molecule has 0 radical (unpaired) electrons. The molecule has 0 heterocycles. The summed E-state index contributed by atoms with van der Waals surface area (Å²) < 4.78 is 0. The molecule has 23 heavy (non-hydrogen) atoms. The molecule has 7 heteroatoms. The number of benzene rings is 1. The van der Waals surface area contributed by atoms with Crippen molar-refractivity contribution < 1.29 is 19.5 Å². The van der Waals surface area contributed by atoms with Gasteiger partial charge in [0.25, 0.3) is 5.91 Å². The SMILES string of the molecule is CC(NC(=O)c1cc(Cl)ccc1NC(=O)/C=C\C(=O)O)C1CC1. The molecule has 0 bridgehead atoms. The van der Waals surface area contributed by atoms with Crippen LogP contribution in [0.3, 0.4) is 0 Å². The van der Waals surface area contributed by atoms with E-state index in [4.69, 9.17) is 16.7 Å². The monoisotopic (exact) mass is 336 g/mol. The van der Waals surface area contributed by atoms with Crippen molar-refractivity contribution in [1.29, 1.82) is 0 Å². The number of hydrogen-bond donors (Lipinski definition) is 3. The Balaban J connectivity index is 2.14. The molecule has 122 valence electrons. The summed E-state index contributed by atoms with van der Waals surface area (Å²) >= 11 is 5.93. The van der Waals surface area contributed by atoms with Crippen LogP contribution in [0, 0.1) is 5.92 Å². The quantitative estimate of drug-likeness (QED) is 0.695. The Morgan fingerprint density at radius 2 is 2.00 bits per heavy atom. The van der Waals surface area contributed by atoms with Gasteiger partial charge in [-0.25, -0.2) is 4.79 Å². The van der Waals surface area contributed by atoms with Crippen molar-refractivity contribution >= 4 is 35.1 Å². The van der Waals surface area contributed by atoms with Crippen LogP contribution in [0.2, 0.25) is 5.02 Å². The van der Waals surface area contributed by atoms with Gasteiger partial charge in [0.05, 0.1) is 11.3 Å². The van der Waals surface area contributed by atoms with Gasteiger partial charge < -0.3 is 15.7 Å². The summed E-state index contributed by atoms with van der Waals surface area (Å²) in [6.45, 7) is 1.94. The molecule has 1 saturated carbocycles. The van der Waals surface area contributed by atoms with E-state index >= 15 is 0 Å². The Morgan fingerprint density at radius 1 is 1.30 bits per heavy atom. The maximum absolute atomic E-state index is 12.4. The van der Waals surface area contributed by atoms with Crippen LogP contribution in [0.5, 0.6) is 0 Å². The molecule has 1 aliphatic carbocycles. The average molecular weight is 337 g/mol. The number of hydrogen-bond acceptors (Lipinski definition) is 3. The summed E-state index contributed by atoms with van der Waals surface area (Å²) in [6, 6.07) is 4.56. The Kier molecular flexibility index (Phi) is 5.39. The zero-order valence-corrected chi connectivity index (χ0v) is 13.3. The lowest BCUT2D eigenvalue weighted by atomic mass is 10.1. The lowest BCUT2D eigenvalue weighted by Crippen LogP contribution is -2.34. The van der Waals surface area contributed by atoms with E-state index in [1.165, 1.54) is 12.1 Å². The number of nitrogens with one attached hydrogen (secondary N) is 2. The van der Waals surface area contributed by atoms with Crippen LogP contribution in [0.1, 0.15) is 30.1 Å². The first-order valence-corrected chi connectivity index (χ1v) is 7.57. The van der Waals surface area contributed by atoms with Crippen LogP contribution in [0.4, 0.5) is 5.69 Å². The minimum Gasteiger partial charge on any atom is -0.478 e. The predicted molar refractivity (Wildman–Crippen MR) is 86.5 cm³/mol. The van der Waals surface area contributed by atoms with Crippen LogP contribution in [-0.4, -0.2) is 28.9 Å². The highest BCUT2D eigenvalue weighted by Gasteiger charge is 2.29. The third kappa shape index (κ3) is 5.10. The fourth-order valence-corrected chi connectivity index (χ4v) is 2.31. The number of carbonyl (C=O) groups excluding carboxylic acids is 2. The molecule has 6 nitrogen and oxygen atoms in total. The Hall–Kier alpha value is -2.34. The molecular weight excluding hydrogens is 320 g/mol. The summed E-state index contributed by atoms with van der Waals surface area (Å²) in [6.07, 6.45) is 3.80. The Bertz CT molecular complexity index is 668. The second-order valence-electron chi connectivity index (χ2n) is 5.45. The first-order valence-electron chi connectivity index (χ1n) is 7.19. The highest BCUT2D eigenvalue weighted by Crippen LogP contribution is 2.32. The standard InChI is InChI=1S/C16H17ClN2O4/c1-9(10-2-3-10)18-16(23)12-8-11(17)4-5-13(12)19-14(20)6-7-15(21)22/h4-10H,2-3H2,1H3,(H,18,23)(H,19,20)(H,21,22)/b7-6-. The number of anilines is 1. The molecule has 2 amide bonds. The zero-order chi connectivity index (χ0) is 17.0. The normalized spacial score (nSPS) is 15.2. The second kappa shape index (κ2) is 7.28. The number of carbonyl (C=O) groups is 3. The zero-order valence-electron chi connectivity index (χ0n) is 12.5. The Labute approximate surface area is 138 Å². The van der Waals surface area contributed by atoms with E-state index in [0.29, 0.717) is 10.9 Å². The number of aliphatic carboxylic acids is 1. The highest BCUT2D eigenvalue weighted by atomic mass is 35.5. The van der Waals surface area contributed by atoms with E-state index in [9.17, 15) is 14.4 Å². The van der Waals surface area contributed by atoms with E-state index < -0.39 is 11.9 Å². The number of halogens is 1. The van der Waals surface area contributed by atoms with Crippen LogP contribution >= 0.6 is 11.6 Å². The minimum absolute atomic E-state index is 0.0527. The summed E-state index contributed by atoms with van der Waals surface area (Å²) in [4.78, 5) is 34.5. The van der Waals surface area contributed by atoms with Crippen molar-refractivity contribution in [2.45, 2.75) is 25.8 Å². The number of rotatable bonds is 6. The predicted octanol–water partition coefficient (Wildman–Crippen LogP) is 2.45. The van der Waals surface area contributed by atoms with E-state index in [1.54, 1.807) is 6.07 Å². The average Bonchev–Trinajstić information content (AvgIpc) is 3.31. The molecule has 0 saturated heterocycles. The van der Waals surface area contributed by atoms with E-state index in [0.717, 1.165) is 25.0 Å². The summed E-state index contributed by atoms with van der Waals surface area (Å²) in [5.74, 6) is -1.70.